The van der Waals surface area contributed by atoms with Gasteiger partial charge in [0.05, 0.1) is 12.0 Å². The van der Waals surface area contributed by atoms with Crippen LogP contribution in [0.15, 0.2) is 0 Å². The highest BCUT2D eigenvalue weighted by Crippen LogP contribution is 2.27. The maximum Gasteiger partial charge on any atom is 0.227 e. The number of amides is 2. The molecule has 2 aliphatic rings. The van der Waals surface area contributed by atoms with Crippen molar-refractivity contribution in [2.45, 2.75) is 45.1 Å². The summed E-state index contributed by atoms with van der Waals surface area (Å²) in [5.74, 6) is 0.414. The fourth-order valence-electron chi connectivity index (χ4n) is 3.40. The van der Waals surface area contributed by atoms with Crippen molar-refractivity contribution in [2.75, 3.05) is 26.7 Å². The van der Waals surface area contributed by atoms with Crippen LogP contribution in [0.2, 0.25) is 0 Å². The van der Waals surface area contributed by atoms with Gasteiger partial charge in [-0.05, 0) is 19.3 Å². The van der Waals surface area contributed by atoms with E-state index in [1.54, 1.807) is 9.80 Å². The number of hydrogen-bond acceptors (Lipinski definition) is 3. The summed E-state index contributed by atoms with van der Waals surface area (Å²) in [6, 6.07) is 0. The van der Waals surface area contributed by atoms with Crippen LogP contribution in [0, 0.1) is 11.8 Å². The maximum atomic E-state index is 12.4. The first-order chi connectivity index (χ1) is 9.52. The number of hydrogen-bond donors (Lipinski definition) is 1. The van der Waals surface area contributed by atoms with E-state index in [0.29, 0.717) is 26.1 Å². The minimum Gasteiger partial charge on any atom is -0.393 e. The van der Waals surface area contributed by atoms with Crippen LogP contribution in [0.5, 0.6) is 0 Å². The van der Waals surface area contributed by atoms with E-state index >= 15 is 0 Å². The molecule has 1 N–H and O–H groups in total. The normalized spacial score (nSPS) is 29.8. The summed E-state index contributed by atoms with van der Waals surface area (Å²) in [5.41, 5.74) is 0. The zero-order chi connectivity index (χ0) is 14.7. The number of rotatable bonds is 4. The molecule has 0 spiro atoms. The summed E-state index contributed by atoms with van der Waals surface area (Å²) in [6.45, 7) is 3.75. The monoisotopic (exact) mass is 282 g/mol. The number of aliphatic hydroxyl groups excluding tert-OH is 1. The van der Waals surface area contributed by atoms with Gasteiger partial charge in [-0.15, -0.1) is 0 Å². The molecule has 3 atom stereocenters. The Morgan fingerprint density at radius 3 is 2.65 bits per heavy atom. The summed E-state index contributed by atoms with van der Waals surface area (Å²) in [5, 5.41) is 9.84. The van der Waals surface area contributed by atoms with Crippen LogP contribution in [0.4, 0.5) is 0 Å². The summed E-state index contributed by atoms with van der Waals surface area (Å²) in [7, 11) is 1.82. The summed E-state index contributed by atoms with van der Waals surface area (Å²) < 4.78 is 0. The molecule has 1 aliphatic carbocycles. The molecule has 0 aromatic carbocycles. The summed E-state index contributed by atoms with van der Waals surface area (Å²) in [4.78, 5) is 27.6. The lowest BCUT2D eigenvalue weighted by Gasteiger charge is -2.25. The van der Waals surface area contributed by atoms with Crippen molar-refractivity contribution in [3.63, 3.8) is 0 Å². The first-order valence-corrected chi connectivity index (χ1v) is 7.73. The van der Waals surface area contributed by atoms with Crippen LogP contribution in [-0.4, -0.2) is 59.5 Å². The molecule has 114 valence electrons. The molecule has 5 nitrogen and oxygen atoms in total. The number of carbonyl (C=O) groups excluding carboxylic acids is 2. The number of nitrogens with zero attached hydrogens (tertiary/aromatic N) is 2. The fourth-order valence-corrected chi connectivity index (χ4v) is 3.40. The fraction of sp³-hybridized carbons (Fsp3) is 0.867. The molecule has 2 rings (SSSR count). The molecule has 1 saturated heterocycles. The molecule has 0 radical (unpaired) electrons. The Morgan fingerprint density at radius 2 is 2.05 bits per heavy atom. The number of aliphatic hydroxyl groups is 1. The first-order valence-electron chi connectivity index (χ1n) is 7.73. The Morgan fingerprint density at radius 1 is 1.30 bits per heavy atom. The Labute approximate surface area is 120 Å². The SMILES string of the molecule is CCC(=O)N1CCC(C(=O)N(C)CC2CCCC2O)C1. The van der Waals surface area contributed by atoms with E-state index < -0.39 is 0 Å². The predicted octanol–water partition coefficient (Wildman–Crippen LogP) is 0.864. The van der Waals surface area contributed by atoms with Crippen molar-refractivity contribution in [1.82, 2.24) is 9.80 Å². The van der Waals surface area contributed by atoms with Gasteiger partial charge >= 0.3 is 0 Å². The van der Waals surface area contributed by atoms with Crippen molar-refractivity contribution in [3.8, 4) is 0 Å². The molecule has 0 bridgehead atoms. The second-order valence-electron chi connectivity index (χ2n) is 6.16. The maximum absolute atomic E-state index is 12.4. The Bertz CT molecular complexity index is 372. The molecule has 20 heavy (non-hydrogen) atoms. The lowest BCUT2D eigenvalue weighted by atomic mass is 10.0. The van der Waals surface area contributed by atoms with Gasteiger partial charge in [0, 0.05) is 39.0 Å². The van der Waals surface area contributed by atoms with Crippen molar-refractivity contribution in [1.29, 1.82) is 0 Å². The largest absolute Gasteiger partial charge is 0.393 e. The second-order valence-corrected chi connectivity index (χ2v) is 6.16. The average molecular weight is 282 g/mol. The zero-order valence-electron chi connectivity index (χ0n) is 12.5. The summed E-state index contributed by atoms with van der Waals surface area (Å²) in [6.07, 6.45) is 3.93. The van der Waals surface area contributed by atoms with E-state index in [-0.39, 0.29) is 29.8 Å². The molecule has 0 aromatic rings. The smallest absolute Gasteiger partial charge is 0.227 e. The van der Waals surface area contributed by atoms with E-state index in [9.17, 15) is 14.7 Å². The number of carbonyl (C=O) groups is 2. The lowest BCUT2D eigenvalue weighted by molar-refractivity contribution is -0.135. The third-order valence-corrected chi connectivity index (χ3v) is 4.70. The van der Waals surface area contributed by atoms with Crippen LogP contribution in [-0.2, 0) is 9.59 Å². The highest BCUT2D eigenvalue weighted by molar-refractivity contribution is 5.82. The van der Waals surface area contributed by atoms with Crippen LogP contribution < -0.4 is 0 Å². The van der Waals surface area contributed by atoms with Gasteiger partial charge in [0.1, 0.15) is 0 Å². The molecule has 1 aliphatic heterocycles. The zero-order valence-corrected chi connectivity index (χ0v) is 12.5. The van der Waals surface area contributed by atoms with Crippen molar-refractivity contribution in [3.05, 3.63) is 0 Å². The van der Waals surface area contributed by atoms with Gasteiger partial charge < -0.3 is 14.9 Å². The molecule has 3 unspecified atom stereocenters. The molecule has 5 heteroatoms. The van der Waals surface area contributed by atoms with Crippen molar-refractivity contribution in [2.24, 2.45) is 11.8 Å². The molecule has 1 saturated carbocycles. The van der Waals surface area contributed by atoms with Gasteiger partial charge in [-0.1, -0.05) is 13.3 Å². The van der Waals surface area contributed by atoms with Gasteiger partial charge in [0.2, 0.25) is 11.8 Å². The Balaban J connectivity index is 1.83. The molecular weight excluding hydrogens is 256 g/mol. The first kappa shape index (κ1) is 15.3. The quantitative estimate of drug-likeness (QED) is 0.832. The molecule has 0 aromatic heterocycles. The van der Waals surface area contributed by atoms with Gasteiger partial charge in [-0.3, -0.25) is 9.59 Å². The van der Waals surface area contributed by atoms with Crippen molar-refractivity contribution < 1.29 is 14.7 Å². The Kier molecular flexibility index (Phi) is 5.02. The predicted molar refractivity (Wildman–Crippen MR) is 76.0 cm³/mol. The minimum atomic E-state index is -0.257. The molecule has 2 fully saturated rings. The lowest BCUT2D eigenvalue weighted by Crippen LogP contribution is -2.39. The highest BCUT2D eigenvalue weighted by atomic mass is 16.3. The Hall–Kier alpha value is -1.10. The van der Waals surface area contributed by atoms with Crippen LogP contribution in [0.1, 0.15) is 39.0 Å². The molecular formula is C15H26N2O3. The summed E-state index contributed by atoms with van der Waals surface area (Å²) >= 11 is 0. The molecule has 2 amide bonds. The highest BCUT2D eigenvalue weighted by Gasteiger charge is 2.34. The standard InChI is InChI=1S/C15H26N2O3/c1-3-14(19)17-8-7-12(10-17)15(20)16(2)9-11-5-4-6-13(11)18/h11-13,18H,3-10H2,1-2H3. The third kappa shape index (κ3) is 3.32. The van der Waals surface area contributed by atoms with Crippen LogP contribution >= 0.6 is 0 Å². The van der Waals surface area contributed by atoms with E-state index in [2.05, 4.69) is 0 Å². The topological polar surface area (TPSA) is 60.9 Å². The minimum absolute atomic E-state index is 0.0611. The van der Waals surface area contributed by atoms with Gasteiger partial charge in [0.15, 0.2) is 0 Å². The average Bonchev–Trinajstić information content (AvgIpc) is 3.07. The van der Waals surface area contributed by atoms with E-state index in [1.165, 1.54) is 0 Å². The second kappa shape index (κ2) is 6.57. The molecule has 1 heterocycles. The third-order valence-electron chi connectivity index (χ3n) is 4.70. The van der Waals surface area contributed by atoms with E-state index in [4.69, 9.17) is 0 Å². The van der Waals surface area contributed by atoms with Crippen LogP contribution in [0.25, 0.3) is 0 Å². The van der Waals surface area contributed by atoms with E-state index in [0.717, 1.165) is 25.7 Å². The number of likely N-dealkylation sites (tertiary alicyclic amines) is 1. The van der Waals surface area contributed by atoms with Gasteiger partial charge in [-0.25, -0.2) is 0 Å². The van der Waals surface area contributed by atoms with E-state index in [1.807, 2.05) is 14.0 Å². The van der Waals surface area contributed by atoms with Crippen LogP contribution in [0.3, 0.4) is 0 Å². The van der Waals surface area contributed by atoms with Gasteiger partial charge in [-0.2, -0.15) is 0 Å². The van der Waals surface area contributed by atoms with Gasteiger partial charge in [0.25, 0.3) is 0 Å². The van der Waals surface area contributed by atoms with Crippen molar-refractivity contribution >= 4 is 11.8 Å².